The molecule has 14 heavy (non-hydrogen) atoms. The lowest BCUT2D eigenvalue weighted by molar-refractivity contribution is 0.269. The molecule has 0 bridgehead atoms. The summed E-state index contributed by atoms with van der Waals surface area (Å²) in [4.78, 5) is 17.9. The average molecular weight is 227 g/mol. The number of aromatic nitrogens is 4. The van der Waals surface area contributed by atoms with Crippen molar-refractivity contribution in [1.29, 1.82) is 0 Å². The molecule has 0 spiro atoms. The zero-order chi connectivity index (χ0) is 9.80. The van der Waals surface area contributed by atoms with Crippen LogP contribution in [0.15, 0.2) is 23.6 Å². The number of carbonyl (C=O) groups excluding carboxylic acids is 1. The van der Waals surface area contributed by atoms with E-state index in [4.69, 9.17) is 0 Å². The van der Waals surface area contributed by atoms with Gasteiger partial charge < -0.3 is 4.98 Å². The first kappa shape index (κ1) is 9.16. The van der Waals surface area contributed by atoms with E-state index in [1.165, 1.54) is 6.20 Å². The maximum atomic E-state index is 11.3. The second-order valence-electron chi connectivity index (χ2n) is 2.20. The predicted molar refractivity (Wildman–Crippen MR) is 53.4 cm³/mol. The topological polar surface area (TPSA) is 83.6 Å². The number of aromatic amines is 1. The van der Waals surface area contributed by atoms with Crippen molar-refractivity contribution < 1.29 is 4.79 Å². The second-order valence-corrected chi connectivity index (χ2v) is 3.75. The molecule has 0 aliphatic carbocycles. The molecule has 2 rings (SSSR count). The van der Waals surface area contributed by atoms with E-state index >= 15 is 0 Å². The van der Waals surface area contributed by atoms with E-state index in [1.807, 2.05) is 0 Å². The molecule has 0 aliphatic rings. The third-order valence-corrected chi connectivity index (χ3v) is 2.54. The lowest BCUT2D eigenvalue weighted by Gasteiger charge is -1.97. The Morgan fingerprint density at radius 1 is 1.64 bits per heavy atom. The third kappa shape index (κ3) is 2.30. The van der Waals surface area contributed by atoms with Gasteiger partial charge in [-0.2, -0.15) is 8.75 Å². The van der Waals surface area contributed by atoms with Crippen LogP contribution < -0.4 is 5.32 Å². The van der Waals surface area contributed by atoms with Gasteiger partial charge in [0, 0.05) is 12.4 Å². The molecule has 6 nitrogen and oxygen atoms in total. The van der Waals surface area contributed by atoms with Gasteiger partial charge in [0.05, 0.1) is 17.9 Å². The van der Waals surface area contributed by atoms with Crippen molar-refractivity contribution in [2.45, 2.75) is 5.03 Å². The summed E-state index contributed by atoms with van der Waals surface area (Å²) >= 11 is 2.04. The number of thioether (sulfide) groups is 1. The molecule has 72 valence electrons. The Kier molecular flexibility index (Phi) is 2.75. The van der Waals surface area contributed by atoms with Crippen LogP contribution in [-0.4, -0.2) is 24.0 Å². The van der Waals surface area contributed by atoms with Crippen molar-refractivity contribution in [2.75, 3.05) is 5.32 Å². The number of anilines is 1. The number of imidazole rings is 1. The Morgan fingerprint density at radius 2 is 2.57 bits per heavy atom. The molecule has 1 amide bonds. The van der Waals surface area contributed by atoms with Crippen molar-refractivity contribution in [1.82, 2.24) is 18.7 Å². The Morgan fingerprint density at radius 3 is 3.21 bits per heavy atom. The predicted octanol–water partition coefficient (Wildman–Crippen LogP) is 1.59. The van der Waals surface area contributed by atoms with Gasteiger partial charge in [0.25, 0.3) is 5.24 Å². The van der Waals surface area contributed by atoms with Crippen LogP contribution in [0.2, 0.25) is 0 Å². The van der Waals surface area contributed by atoms with Gasteiger partial charge in [0.2, 0.25) is 5.95 Å². The monoisotopic (exact) mass is 227 g/mol. The lowest BCUT2D eigenvalue weighted by atomic mass is 10.9. The van der Waals surface area contributed by atoms with Gasteiger partial charge in [-0.3, -0.25) is 10.1 Å². The molecule has 0 aromatic carbocycles. The quantitative estimate of drug-likeness (QED) is 0.761. The van der Waals surface area contributed by atoms with Crippen molar-refractivity contribution in [2.24, 2.45) is 0 Å². The normalized spacial score (nSPS) is 10.0. The largest absolute Gasteiger partial charge is 0.331 e. The molecule has 2 heterocycles. The average Bonchev–Trinajstić information content (AvgIpc) is 2.76. The highest BCUT2D eigenvalue weighted by atomic mass is 32.2. The molecule has 0 saturated carbocycles. The van der Waals surface area contributed by atoms with Gasteiger partial charge in [-0.25, -0.2) is 4.98 Å². The Hall–Kier alpha value is -1.41. The van der Waals surface area contributed by atoms with Crippen LogP contribution in [-0.2, 0) is 0 Å². The van der Waals surface area contributed by atoms with Gasteiger partial charge in [0.15, 0.2) is 0 Å². The first-order valence-corrected chi connectivity index (χ1v) is 5.15. The zero-order valence-electron chi connectivity index (χ0n) is 6.80. The van der Waals surface area contributed by atoms with E-state index in [1.54, 1.807) is 12.4 Å². The van der Waals surface area contributed by atoms with Crippen LogP contribution in [0, 0.1) is 0 Å². The lowest BCUT2D eigenvalue weighted by Crippen LogP contribution is -2.05. The molecular weight excluding hydrogens is 222 g/mol. The highest BCUT2D eigenvalue weighted by Gasteiger charge is 2.07. The first-order valence-electron chi connectivity index (χ1n) is 3.60. The van der Waals surface area contributed by atoms with E-state index in [0.717, 1.165) is 23.5 Å². The molecule has 0 saturated heterocycles. The summed E-state index contributed by atoms with van der Waals surface area (Å²) in [6.07, 6.45) is 4.73. The summed E-state index contributed by atoms with van der Waals surface area (Å²) in [5.74, 6) is 0.422. The Balaban J connectivity index is 1.91. The van der Waals surface area contributed by atoms with Crippen LogP contribution >= 0.6 is 23.5 Å². The number of carbonyl (C=O) groups is 1. The number of H-pyrrole nitrogens is 1. The molecule has 2 aromatic rings. The van der Waals surface area contributed by atoms with E-state index in [0.29, 0.717) is 11.0 Å². The zero-order valence-corrected chi connectivity index (χ0v) is 8.43. The number of amides is 1. The highest BCUT2D eigenvalue weighted by molar-refractivity contribution is 8.13. The minimum Gasteiger partial charge on any atom is -0.331 e. The maximum absolute atomic E-state index is 11.3. The van der Waals surface area contributed by atoms with Crippen molar-refractivity contribution >= 4 is 34.7 Å². The van der Waals surface area contributed by atoms with Gasteiger partial charge in [-0.15, -0.1) is 0 Å². The maximum Gasteiger partial charge on any atom is 0.292 e. The van der Waals surface area contributed by atoms with E-state index in [2.05, 4.69) is 24.0 Å². The molecule has 2 N–H and O–H groups in total. The molecule has 0 fully saturated rings. The van der Waals surface area contributed by atoms with E-state index in [-0.39, 0.29) is 5.24 Å². The summed E-state index contributed by atoms with van der Waals surface area (Å²) in [7, 11) is 0. The molecule has 0 radical (unpaired) electrons. The first-order chi connectivity index (χ1) is 6.84. The Bertz CT molecular complexity index is 360. The number of nitrogens with zero attached hydrogens (tertiary/aromatic N) is 3. The molecule has 2 aromatic heterocycles. The fourth-order valence-corrected chi connectivity index (χ4v) is 1.83. The van der Waals surface area contributed by atoms with Crippen LogP contribution in [0.25, 0.3) is 0 Å². The second kappa shape index (κ2) is 4.20. The van der Waals surface area contributed by atoms with Crippen LogP contribution in [0.5, 0.6) is 0 Å². The summed E-state index contributed by atoms with van der Waals surface area (Å²) in [5.41, 5.74) is 0. The van der Waals surface area contributed by atoms with Gasteiger partial charge in [-0.1, -0.05) is 0 Å². The van der Waals surface area contributed by atoms with Crippen molar-refractivity contribution in [3.63, 3.8) is 0 Å². The number of hydrogen-bond donors (Lipinski definition) is 2. The number of nitrogens with one attached hydrogen (secondary N) is 2. The molecule has 0 atom stereocenters. The van der Waals surface area contributed by atoms with Crippen molar-refractivity contribution in [3.05, 3.63) is 18.6 Å². The fourth-order valence-electron chi connectivity index (χ4n) is 0.752. The summed E-state index contributed by atoms with van der Waals surface area (Å²) in [6, 6.07) is 0. The molecule has 0 aliphatic heterocycles. The fraction of sp³-hybridized carbons (Fsp3) is 0. The summed E-state index contributed by atoms with van der Waals surface area (Å²) in [6.45, 7) is 0. The molecular formula is C6H5N5OS2. The van der Waals surface area contributed by atoms with Crippen LogP contribution in [0.3, 0.4) is 0 Å². The minimum atomic E-state index is -0.243. The summed E-state index contributed by atoms with van der Waals surface area (Å²) < 4.78 is 7.67. The highest BCUT2D eigenvalue weighted by Crippen LogP contribution is 2.17. The van der Waals surface area contributed by atoms with Gasteiger partial charge in [-0.05, 0) is 11.8 Å². The van der Waals surface area contributed by atoms with Crippen LogP contribution in [0.4, 0.5) is 10.7 Å². The minimum absolute atomic E-state index is 0.243. The summed E-state index contributed by atoms with van der Waals surface area (Å²) in [5, 5.41) is 2.89. The van der Waals surface area contributed by atoms with Crippen LogP contribution in [0.1, 0.15) is 0 Å². The van der Waals surface area contributed by atoms with E-state index < -0.39 is 0 Å². The number of hydrogen-bond acceptors (Lipinski definition) is 6. The third-order valence-electron chi connectivity index (χ3n) is 1.26. The molecule has 0 unspecified atom stereocenters. The number of rotatable bonds is 2. The molecule has 8 heteroatoms. The SMILES string of the molecule is O=C(Nc1ncc[nH]1)Sc1cnsn1. The Labute approximate surface area is 87.5 Å². The van der Waals surface area contributed by atoms with E-state index in [9.17, 15) is 4.79 Å². The van der Waals surface area contributed by atoms with Gasteiger partial charge >= 0.3 is 0 Å². The smallest absolute Gasteiger partial charge is 0.292 e. The van der Waals surface area contributed by atoms with Crippen molar-refractivity contribution in [3.8, 4) is 0 Å². The van der Waals surface area contributed by atoms with Gasteiger partial charge in [0.1, 0.15) is 5.03 Å². The standard InChI is InChI=1S/C6H5N5OS2/c12-6(10-5-7-1-2-8-5)13-4-3-9-14-11-4/h1-3H,(H2,7,8,10,12).